The molecule has 3 N–H and O–H groups in total. The number of carbonyl (C=O) groups is 2. The van der Waals surface area contributed by atoms with E-state index in [1.807, 2.05) is 6.07 Å². The molecule has 0 spiro atoms. The number of aromatic amines is 2. The van der Waals surface area contributed by atoms with Crippen LogP contribution in [-0.2, 0) is 16.0 Å². The largest absolute Gasteiger partial charge is 0.461 e. The van der Waals surface area contributed by atoms with E-state index < -0.39 is 11.9 Å². The Balaban J connectivity index is 0.000000177. The van der Waals surface area contributed by atoms with Crippen molar-refractivity contribution in [3.63, 3.8) is 0 Å². The summed E-state index contributed by atoms with van der Waals surface area (Å²) in [5.41, 5.74) is 4.50. The summed E-state index contributed by atoms with van der Waals surface area (Å²) in [5.74, 6) is -0.257. The van der Waals surface area contributed by atoms with Crippen molar-refractivity contribution in [1.82, 2.24) is 34.9 Å². The van der Waals surface area contributed by atoms with Crippen LogP contribution in [0, 0.1) is 0 Å². The maximum Gasteiger partial charge on any atom is 0.354 e. The summed E-state index contributed by atoms with van der Waals surface area (Å²) in [6.45, 7) is 4.76. The minimum atomic E-state index is -0.424. The highest BCUT2D eigenvalue weighted by Gasteiger charge is 2.15. The molecule has 1 aliphatic rings. The third kappa shape index (κ3) is 5.52. The van der Waals surface area contributed by atoms with Crippen LogP contribution in [0.3, 0.4) is 0 Å². The quantitative estimate of drug-likeness (QED) is 0.208. The number of anilines is 2. The van der Waals surface area contributed by atoms with Gasteiger partial charge in [-0.3, -0.25) is 9.98 Å². The van der Waals surface area contributed by atoms with Gasteiger partial charge in [-0.1, -0.05) is 11.6 Å². The zero-order valence-electron chi connectivity index (χ0n) is 20.9. The molecule has 0 saturated heterocycles. The van der Waals surface area contributed by atoms with E-state index in [4.69, 9.17) is 21.1 Å². The highest BCUT2D eigenvalue weighted by Crippen LogP contribution is 2.25. The summed E-state index contributed by atoms with van der Waals surface area (Å²) in [4.78, 5) is 53.7. The van der Waals surface area contributed by atoms with Crippen LogP contribution in [0.4, 0.5) is 11.5 Å². The van der Waals surface area contributed by atoms with Crippen molar-refractivity contribution in [2.75, 3.05) is 18.5 Å². The molecule has 6 rings (SSSR count). The summed E-state index contributed by atoms with van der Waals surface area (Å²) in [6, 6.07) is 5.22. The molecule has 5 aromatic rings. The van der Waals surface area contributed by atoms with Gasteiger partial charge in [0.1, 0.15) is 46.3 Å². The summed E-state index contributed by atoms with van der Waals surface area (Å²) in [7, 11) is 0. The molecule has 6 heterocycles. The van der Waals surface area contributed by atoms with Crippen LogP contribution < -0.4 is 5.32 Å². The average molecular weight is 548 g/mol. The number of aromatic nitrogens is 7. The molecule has 0 aliphatic carbocycles. The first-order valence-electron chi connectivity index (χ1n) is 11.9. The highest BCUT2D eigenvalue weighted by molar-refractivity contribution is 6.34. The van der Waals surface area contributed by atoms with E-state index in [1.165, 1.54) is 12.7 Å². The third-order valence-corrected chi connectivity index (χ3v) is 5.83. The second kappa shape index (κ2) is 11.2. The van der Waals surface area contributed by atoms with Gasteiger partial charge in [0.15, 0.2) is 0 Å². The SMILES string of the molecule is CCOC(=O)c1cc2c(Cl)ncnc2[nH]1.CCOC(=O)c1cc2c(Nc3cnc4c(c3)C=NC4)ncnc2[nH]1. The number of nitrogens with one attached hydrogen (secondary N) is 3. The van der Waals surface area contributed by atoms with Gasteiger partial charge in [-0.15, -0.1) is 0 Å². The number of esters is 2. The van der Waals surface area contributed by atoms with Gasteiger partial charge in [0.25, 0.3) is 0 Å². The molecule has 0 fully saturated rings. The molecule has 14 heteroatoms. The second-order valence-corrected chi connectivity index (χ2v) is 8.43. The van der Waals surface area contributed by atoms with Gasteiger partial charge >= 0.3 is 11.9 Å². The topological polar surface area (TPSA) is 173 Å². The number of nitrogens with zero attached hydrogens (tertiary/aromatic N) is 6. The number of pyridine rings is 1. The van der Waals surface area contributed by atoms with Crippen LogP contribution in [0.5, 0.6) is 0 Å². The molecule has 13 nitrogen and oxygen atoms in total. The third-order valence-electron chi connectivity index (χ3n) is 5.53. The lowest BCUT2D eigenvalue weighted by Crippen LogP contribution is -2.04. The number of aliphatic imine (C=N–C) groups is 1. The van der Waals surface area contributed by atoms with E-state index in [2.05, 4.69) is 45.2 Å². The van der Waals surface area contributed by atoms with Gasteiger partial charge in [-0.05, 0) is 32.0 Å². The van der Waals surface area contributed by atoms with Crippen LogP contribution in [0.25, 0.3) is 22.1 Å². The Morgan fingerprint density at radius 3 is 2.21 bits per heavy atom. The average Bonchev–Trinajstić information content (AvgIpc) is 3.68. The molecule has 39 heavy (non-hydrogen) atoms. The van der Waals surface area contributed by atoms with Crippen molar-refractivity contribution < 1.29 is 19.1 Å². The fourth-order valence-corrected chi connectivity index (χ4v) is 3.96. The van der Waals surface area contributed by atoms with Crippen molar-refractivity contribution in [3.8, 4) is 0 Å². The van der Waals surface area contributed by atoms with Crippen molar-refractivity contribution in [1.29, 1.82) is 0 Å². The lowest BCUT2D eigenvalue weighted by molar-refractivity contribution is 0.0511. The molecule has 0 bridgehead atoms. The molecule has 0 atom stereocenters. The summed E-state index contributed by atoms with van der Waals surface area (Å²) < 4.78 is 9.84. The fraction of sp³-hybridized carbons (Fsp3) is 0.200. The Labute approximate surface area is 226 Å². The van der Waals surface area contributed by atoms with E-state index in [1.54, 1.807) is 38.4 Å². The van der Waals surface area contributed by atoms with Crippen LogP contribution in [0.1, 0.15) is 46.1 Å². The maximum atomic E-state index is 11.9. The number of hydrogen-bond acceptors (Lipinski definition) is 11. The summed E-state index contributed by atoms with van der Waals surface area (Å²) in [5, 5.41) is 4.84. The highest BCUT2D eigenvalue weighted by atomic mass is 35.5. The standard InChI is InChI=1S/C16H14N6O2.C9H8ClN3O2/c1-2-24-16(23)12-4-11-14(19-8-20-15(11)22-12)21-10-3-9-5-17-7-13(9)18-6-10;1-2-15-9(14)6-3-5-7(10)11-4-12-8(5)13-6/h3-6,8H,2,7H2,1H3,(H2,19,20,21,22);3-4H,2H2,1H3,(H,11,12,13). The lowest BCUT2D eigenvalue weighted by atomic mass is 10.2. The van der Waals surface area contributed by atoms with Gasteiger partial charge in [0, 0.05) is 11.8 Å². The molecule has 0 amide bonds. The first-order valence-corrected chi connectivity index (χ1v) is 12.3. The molecular formula is C25H22ClN9O4. The van der Waals surface area contributed by atoms with E-state index in [-0.39, 0.29) is 0 Å². The Hall–Kier alpha value is -4.91. The normalized spacial score (nSPS) is 11.7. The second-order valence-electron chi connectivity index (χ2n) is 8.07. The zero-order chi connectivity index (χ0) is 27.4. The number of ether oxygens (including phenoxy) is 2. The molecular weight excluding hydrogens is 526 g/mol. The van der Waals surface area contributed by atoms with Gasteiger partial charge < -0.3 is 24.8 Å². The molecule has 0 unspecified atom stereocenters. The Morgan fingerprint density at radius 1 is 0.897 bits per heavy atom. The first-order chi connectivity index (χ1) is 19.0. The van der Waals surface area contributed by atoms with Crippen molar-refractivity contribution in [2.45, 2.75) is 20.4 Å². The minimum Gasteiger partial charge on any atom is -0.461 e. The molecule has 5 aromatic heterocycles. The maximum absolute atomic E-state index is 11.9. The van der Waals surface area contributed by atoms with Crippen LogP contribution in [-0.4, -0.2) is 66.3 Å². The minimum absolute atomic E-state index is 0.312. The number of fused-ring (bicyclic) bond motifs is 3. The van der Waals surface area contributed by atoms with Crippen LogP contribution in [0.15, 0.2) is 42.0 Å². The zero-order valence-corrected chi connectivity index (χ0v) is 21.6. The van der Waals surface area contributed by atoms with Crippen LogP contribution in [0.2, 0.25) is 5.15 Å². The van der Waals surface area contributed by atoms with E-state index >= 15 is 0 Å². The smallest absolute Gasteiger partial charge is 0.354 e. The Kier molecular flexibility index (Phi) is 7.41. The van der Waals surface area contributed by atoms with E-state index in [0.29, 0.717) is 64.2 Å². The van der Waals surface area contributed by atoms with E-state index in [0.717, 1.165) is 16.9 Å². The predicted octanol–water partition coefficient (Wildman–Crippen LogP) is 3.99. The van der Waals surface area contributed by atoms with E-state index in [9.17, 15) is 9.59 Å². The molecule has 198 valence electrons. The number of H-pyrrole nitrogens is 2. The molecule has 0 aromatic carbocycles. The van der Waals surface area contributed by atoms with Crippen molar-refractivity contribution >= 4 is 63.3 Å². The van der Waals surface area contributed by atoms with Crippen LogP contribution >= 0.6 is 11.6 Å². The molecule has 1 aliphatic heterocycles. The summed E-state index contributed by atoms with van der Waals surface area (Å²) >= 11 is 5.83. The number of carbonyl (C=O) groups excluding carboxylic acids is 2. The van der Waals surface area contributed by atoms with Crippen molar-refractivity contribution in [3.05, 3.63) is 64.8 Å². The van der Waals surface area contributed by atoms with Gasteiger partial charge in [0.2, 0.25) is 0 Å². The lowest BCUT2D eigenvalue weighted by Gasteiger charge is -2.07. The molecule has 0 radical (unpaired) electrons. The number of rotatable bonds is 6. The number of hydrogen-bond donors (Lipinski definition) is 3. The van der Waals surface area contributed by atoms with Gasteiger partial charge in [0.05, 0.1) is 48.1 Å². The van der Waals surface area contributed by atoms with Crippen molar-refractivity contribution in [2.24, 2.45) is 4.99 Å². The van der Waals surface area contributed by atoms with Gasteiger partial charge in [-0.2, -0.15) is 0 Å². The van der Waals surface area contributed by atoms with Gasteiger partial charge in [-0.25, -0.2) is 29.5 Å². The first kappa shape index (κ1) is 25.7. The Bertz CT molecular complexity index is 1710. The molecule has 0 saturated carbocycles. The number of halogens is 1. The fourth-order valence-electron chi connectivity index (χ4n) is 3.78. The Morgan fingerprint density at radius 2 is 1.54 bits per heavy atom. The summed E-state index contributed by atoms with van der Waals surface area (Å²) in [6.07, 6.45) is 6.30. The predicted molar refractivity (Wildman–Crippen MR) is 144 cm³/mol. The monoisotopic (exact) mass is 547 g/mol.